The van der Waals surface area contributed by atoms with Crippen molar-refractivity contribution < 1.29 is 9.59 Å². The predicted octanol–water partition coefficient (Wildman–Crippen LogP) is 0.471. The molecule has 0 aromatic heterocycles. The van der Waals surface area contributed by atoms with E-state index in [0.717, 1.165) is 5.56 Å². The fourth-order valence-electron chi connectivity index (χ4n) is 2.15. The van der Waals surface area contributed by atoms with Gasteiger partial charge < -0.3 is 16.4 Å². The van der Waals surface area contributed by atoms with E-state index in [9.17, 15) is 9.59 Å². The van der Waals surface area contributed by atoms with E-state index in [2.05, 4.69) is 10.6 Å². The minimum atomic E-state index is -0.375. The highest BCUT2D eigenvalue weighted by Gasteiger charge is 2.26. The van der Waals surface area contributed by atoms with Crippen molar-refractivity contribution in [3.8, 4) is 0 Å². The predicted molar refractivity (Wildman–Crippen MR) is 72.2 cm³/mol. The van der Waals surface area contributed by atoms with Crippen LogP contribution in [-0.2, 0) is 9.59 Å². The Morgan fingerprint density at radius 1 is 1.42 bits per heavy atom. The fourth-order valence-corrected chi connectivity index (χ4v) is 2.15. The van der Waals surface area contributed by atoms with E-state index in [-0.39, 0.29) is 23.9 Å². The topological polar surface area (TPSA) is 84.2 Å². The molecule has 5 heteroatoms. The molecule has 2 atom stereocenters. The van der Waals surface area contributed by atoms with Gasteiger partial charge in [0.2, 0.25) is 11.8 Å². The number of hydrogen-bond acceptors (Lipinski definition) is 3. The summed E-state index contributed by atoms with van der Waals surface area (Å²) in [6, 6.07) is 9.33. The van der Waals surface area contributed by atoms with E-state index in [0.29, 0.717) is 25.8 Å². The molecule has 0 saturated carbocycles. The van der Waals surface area contributed by atoms with Crippen molar-refractivity contribution in [2.45, 2.75) is 31.3 Å². The Hall–Kier alpha value is -1.88. The van der Waals surface area contributed by atoms with Crippen LogP contribution in [0.25, 0.3) is 0 Å². The first-order valence-electron chi connectivity index (χ1n) is 6.54. The third-order valence-corrected chi connectivity index (χ3v) is 3.29. The smallest absolute Gasteiger partial charge is 0.242 e. The average Bonchev–Trinajstić information content (AvgIpc) is 2.86. The molecule has 1 aromatic carbocycles. The summed E-state index contributed by atoms with van der Waals surface area (Å²) in [5.41, 5.74) is 7.10. The molecule has 2 amide bonds. The van der Waals surface area contributed by atoms with Gasteiger partial charge in [-0.25, -0.2) is 0 Å². The lowest BCUT2D eigenvalue weighted by Crippen LogP contribution is -2.42. The van der Waals surface area contributed by atoms with Crippen molar-refractivity contribution in [3.05, 3.63) is 35.9 Å². The van der Waals surface area contributed by atoms with E-state index in [4.69, 9.17) is 5.73 Å². The van der Waals surface area contributed by atoms with Gasteiger partial charge in [-0.1, -0.05) is 30.3 Å². The highest BCUT2D eigenvalue weighted by Crippen LogP contribution is 2.12. The van der Waals surface area contributed by atoms with Gasteiger partial charge in [-0.05, 0) is 18.4 Å². The van der Waals surface area contributed by atoms with Gasteiger partial charge in [0, 0.05) is 19.0 Å². The first kappa shape index (κ1) is 13.5. The quantitative estimate of drug-likeness (QED) is 0.720. The summed E-state index contributed by atoms with van der Waals surface area (Å²) in [5, 5.41) is 5.45. The molecular weight excluding hydrogens is 242 g/mol. The second-order valence-corrected chi connectivity index (χ2v) is 4.76. The fraction of sp³-hybridized carbons (Fsp3) is 0.429. The van der Waals surface area contributed by atoms with E-state index >= 15 is 0 Å². The van der Waals surface area contributed by atoms with Gasteiger partial charge in [-0.2, -0.15) is 0 Å². The summed E-state index contributed by atoms with van der Waals surface area (Å²) >= 11 is 0. The number of nitrogens with one attached hydrogen (secondary N) is 2. The zero-order valence-electron chi connectivity index (χ0n) is 10.8. The molecule has 1 aliphatic heterocycles. The van der Waals surface area contributed by atoms with Crippen molar-refractivity contribution in [2.75, 3.05) is 6.54 Å². The van der Waals surface area contributed by atoms with Gasteiger partial charge in [0.05, 0.1) is 0 Å². The molecule has 1 saturated heterocycles. The molecule has 0 bridgehead atoms. The monoisotopic (exact) mass is 261 g/mol. The first-order valence-corrected chi connectivity index (χ1v) is 6.54. The molecule has 19 heavy (non-hydrogen) atoms. The third-order valence-electron chi connectivity index (χ3n) is 3.29. The second-order valence-electron chi connectivity index (χ2n) is 4.76. The standard InChI is InChI=1S/C14H19N3O2/c15-11(10-4-2-1-3-5-10)8-9-16-14(19)12-6-7-13(18)17-12/h1-5,11-12H,6-9,15H2,(H,16,19)(H,17,18)/t11?,12-/m1/s1. The summed E-state index contributed by atoms with van der Waals surface area (Å²) in [4.78, 5) is 22.8. The second kappa shape index (κ2) is 6.33. The number of nitrogens with two attached hydrogens (primary N) is 1. The molecule has 1 aromatic rings. The number of carbonyl (C=O) groups is 2. The SMILES string of the molecule is NC(CCNC(=O)[C@H]1CCC(=O)N1)c1ccccc1. The lowest BCUT2D eigenvalue weighted by molar-refractivity contribution is -0.125. The summed E-state index contributed by atoms with van der Waals surface area (Å²) in [5.74, 6) is -0.174. The molecule has 0 aliphatic carbocycles. The molecule has 1 heterocycles. The Morgan fingerprint density at radius 3 is 2.79 bits per heavy atom. The minimum absolute atomic E-state index is 0.0545. The van der Waals surface area contributed by atoms with Gasteiger partial charge in [0.1, 0.15) is 6.04 Å². The van der Waals surface area contributed by atoms with E-state index in [1.807, 2.05) is 30.3 Å². The summed E-state index contributed by atoms with van der Waals surface area (Å²) < 4.78 is 0. The summed E-state index contributed by atoms with van der Waals surface area (Å²) in [7, 11) is 0. The van der Waals surface area contributed by atoms with E-state index in [1.54, 1.807) is 0 Å². The maximum absolute atomic E-state index is 11.7. The molecule has 5 nitrogen and oxygen atoms in total. The van der Waals surface area contributed by atoms with Crippen LogP contribution in [0, 0.1) is 0 Å². The Balaban J connectivity index is 1.72. The minimum Gasteiger partial charge on any atom is -0.354 e. The summed E-state index contributed by atoms with van der Waals surface area (Å²) in [6.45, 7) is 0.515. The number of amides is 2. The Kier molecular flexibility index (Phi) is 4.52. The van der Waals surface area contributed by atoms with Crippen LogP contribution in [0.4, 0.5) is 0 Å². The zero-order valence-corrected chi connectivity index (χ0v) is 10.8. The van der Waals surface area contributed by atoms with Gasteiger partial charge >= 0.3 is 0 Å². The number of benzene rings is 1. The Morgan fingerprint density at radius 2 is 2.16 bits per heavy atom. The number of carbonyl (C=O) groups excluding carboxylic acids is 2. The van der Waals surface area contributed by atoms with Gasteiger partial charge in [-0.3, -0.25) is 9.59 Å². The highest BCUT2D eigenvalue weighted by atomic mass is 16.2. The van der Waals surface area contributed by atoms with Crippen LogP contribution >= 0.6 is 0 Å². The summed E-state index contributed by atoms with van der Waals surface area (Å²) in [6.07, 6.45) is 1.69. The van der Waals surface area contributed by atoms with Crippen molar-refractivity contribution in [2.24, 2.45) is 5.73 Å². The molecule has 1 fully saturated rings. The van der Waals surface area contributed by atoms with Crippen molar-refractivity contribution in [1.82, 2.24) is 10.6 Å². The lowest BCUT2D eigenvalue weighted by Gasteiger charge is -2.14. The molecule has 2 rings (SSSR count). The van der Waals surface area contributed by atoms with Crippen LogP contribution in [0.5, 0.6) is 0 Å². The Bertz CT molecular complexity index is 447. The van der Waals surface area contributed by atoms with Crippen molar-refractivity contribution in [1.29, 1.82) is 0 Å². The molecule has 1 unspecified atom stereocenters. The molecule has 0 spiro atoms. The van der Waals surface area contributed by atoms with Crippen LogP contribution in [0.2, 0.25) is 0 Å². The van der Waals surface area contributed by atoms with Gasteiger partial charge in [0.15, 0.2) is 0 Å². The van der Waals surface area contributed by atoms with Crippen LogP contribution in [0.3, 0.4) is 0 Å². The van der Waals surface area contributed by atoms with Gasteiger partial charge in [-0.15, -0.1) is 0 Å². The molecule has 4 N–H and O–H groups in total. The maximum Gasteiger partial charge on any atom is 0.242 e. The van der Waals surface area contributed by atoms with Crippen LogP contribution in [0.1, 0.15) is 30.9 Å². The van der Waals surface area contributed by atoms with E-state index in [1.165, 1.54) is 0 Å². The van der Waals surface area contributed by atoms with Gasteiger partial charge in [0.25, 0.3) is 0 Å². The Labute approximate surface area is 112 Å². The third kappa shape index (κ3) is 3.79. The normalized spacial score (nSPS) is 19.8. The lowest BCUT2D eigenvalue weighted by atomic mass is 10.1. The van der Waals surface area contributed by atoms with Crippen molar-refractivity contribution in [3.63, 3.8) is 0 Å². The first-order chi connectivity index (χ1) is 9.16. The molecule has 102 valence electrons. The number of hydrogen-bond donors (Lipinski definition) is 3. The zero-order chi connectivity index (χ0) is 13.7. The molecular formula is C14H19N3O2. The van der Waals surface area contributed by atoms with Crippen LogP contribution in [0.15, 0.2) is 30.3 Å². The van der Waals surface area contributed by atoms with Crippen LogP contribution < -0.4 is 16.4 Å². The maximum atomic E-state index is 11.7. The molecule has 0 radical (unpaired) electrons. The largest absolute Gasteiger partial charge is 0.354 e. The van der Waals surface area contributed by atoms with Crippen molar-refractivity contribution >= 4 is 11.8 Å². The molecule has 1 aliphatic rings. The highest BCUT2D eigenvalue weighted by molar-refractivity contribution is 5.90. The number of rotatable bonds is 5. The average molecular weight is 261 g/mol. The van der Waals surface area contributed by atoms with Crippen LogP contribution in [-0.4, -0.2) is 24.4 Å². The van der Waals surface area contributed by atoms with E-state index < -0.39 is 0 Å².